The molecule has 0 aromatic rings. The Labute approximate surface area is 124 Å². The lowest BCUT2D eigenvalue weighted by atomic mass is 9.72. The third-order valence-corrected chi connectivity index (χ3v) is 6.56. The molecule has 1 heterocycles. The van der Waals surface area contributed by atoms with E-state index >= 15 is 0 Å². The molecule has 21 heavy (non-hydrogen) atoms. The first kappa shape index (κ1) is 16.1. The Morgan fingerprint density at radius 3 is 2.33 bits per heavy atom. The number of carbonyl (C=O) groups excluding carboxylic acids is 1. The third-order valence-electron chi connectivity index (χ3n) is 4.66. The largest absolute Gasteiger partial charge is 0.409 e. The number of rotatable bonds is 3. The maximum absolute atomic E-state index is 12.7. The summed E-state index contributed by atoms with van der Waals surface area (Å²) in [7, 11) is -3.10. The van der Waals surface area contributed by atoms with Crippen LogP contribution in [0.15, 0.2) is 5.16 Å². The average Bonchev–Trinajstić information content (AvgIpc) is 2.72. The average molecular weight is 317 g/mol. The molecular weight excluding hydrogens is 294 g/mol. The van der Waals surface area contributed by atoms with Crippen molar-refractivity contribution in [2.45, 2.75) is 51.0 Å². The quantitative estimate of drug-likeness (QED) is 0.300. The Morgan fingerprint density at radius 1 is 1.24 bits per heavy atom. The van der Waals surface area contributed by atoms with Crippen molar-refractivity contribution >= 4 is 21.6 Å². The van der Waals surface area contributed by atoms with Crippen molar-refractivity contribution in [3.63, 3.8) is 0 Å². The normalized spacial score (nSPS) is 31.8. The lowest BCUT2D eigenvalue weighted by Crippen LogP contribution is -2.57. The molecule has 120 valence electrons. The molecule has 0 bridgehead atoms. The second kappa shape index (κ2) is 5.47. The van der Waals surface area contributed by atoms with Gasteiger partial charge in [-0.05, 0) is 26.2 Å². The number of nitrogens with zero attached hydrogens (tertiary/aromatic N) is 1. The molecule has 7 nitrogen and oxygen atoms in total. The number of amides is 1. The number of sulfone groups is 1. The van der Waals surface area contributed by atoms with E-state index < -0.39 is 20.8 Å². The molecule has 1 aliphatic heterocycles. The van der Waals surface area contributed by atoms with Crippen molar-refractivity contribution in [1.82, 2.24) is 5.32 Å². The maximum atomic E-state index is 12.7. The first-order valence-corrected chi connectivity index (χ1v) is 9.06. The Kier molecular flexibility index (Phi) is 4.19. The number of hydrogen-bond donors (Lipinski definition) is 3. The first-order valence-electron chi connectivity index (χ1n) is 7.24. The molecular formula is C13H23N3O4S. The summed E-state index contributed by atoms with van der Waals surface area (Å²) >= 11 is 0. The second-order valence-corrected chi connectivity index (χ2v) is 8.67. The van der Waals surface area contributed by atoms with Gasteiger partial charge in [0.05, 0.1) is 17.0 Å². The van der Waals surface area contributed by atoms with Gasteiger partial charge in [-0.1, -0.05) is 24.4 Å². The zero-order chi connectivity index (χ0) is 15.7. The molecule has 1 saturated heterocycles. The SMILES string of the molecule is CC1(NC(=O)C2(C(N)=NO)CCCCC2)CCS(=O)(=O)C1. The van der Waals surface area contributed by atoms with E-state index in [0.29, 0.717) is 19.3 Å². The molecule has 2 fully saturated rings. The minimum atomic E-state index is -3.10. The lowest BCUT2D eigenvalue weighted by Gasteiger charge is -2.37. The number of amidine groups is 1. The van der Waals surface area contributed by atoms with Gasteiger partial charge in [0.2, 0.25) is 5.91 Å². The number of oxime groups is 1. The van der Waals surface area contributed by atoms with Gasteiger partial charge in [0.25, 0.3) is 0 Å². The highest BCUT2D eigenvalue weighted by molar-refractivity contribution is 7.91. The zero-order valence-corrected chi connectivity index (χ0v) is 13.1. The van der Waals surface area contributed by atoms with Gasteiger partial charge in [-0.25, -0.2) is 8.42 Å². The van der Waals surface area contributed by atoms with Crippen LogP contribution in [-0.4, -0.2) is 42.4 Å². The van der Waals surface area contributed by atoms with Crippen LogP contribution in [0.4, 0.5) is 0 Å². The van der Waals surface area contributed by atoms with E-state index in [2.05, 4.69) is 10.5 Å². The number of nitrogens with two attached hydrogens (primary N) is 1. The van der Waals surface area contributed by atoms with E-state index in [4.69, 9.17) is 10.9 Å². The topological polar surface area (TPSA) is 122 Å². The van der Waals surface area contributed by atoms with Crippen molar-refractivity contribution in [2.75, 3.05) is 11.5 Å². The van der Waals surface area contributed by atoms with Gasteiger partial charge in [0, 0.05) is 0 Å². The van der Waals surface area contributed by atoms with Crippen molar-refractivity contribution in [1.29, 1.82) is 0 Å². The van der Waals surface area contributed by atoms with E-state index in [0.717, 1.165) is 19.3 Å². The molecule has 4 N–H and O–H groups in total. The molecule has 0 radical (unpaired) electrons. The van der Waals surface area contributed by atoms with Gasteiger partial charge in [-0.15, -0.1) is 0 Å². The summed E-state index contributed by atoms with van der Waals surface area (Å²) in [4.78, 5) is 12.7. The van der Waals surface area contributed by atoms with Crippen LogP contribution < -0.4 is 11.1 Å². The van der Waals surface area contributed by atoms with Crippen LogP contribution in [0.1, 0.15) is 45.4 Å². The van der Waals surface area contributed by atoms with Crippen LogP contribution in [-0.2, 0) is 14.6 Å². The van der Waals surface area contributed by atoms with Gasteiger partial charge < -0.3 is 16.3 Å². The Balaban J connectivity index is 2.20. The monoisotopic (exact) mass is 317 g/mol. The maximum Gasteiger partial charge on any atom is 0.234 e. The molecule has 1 amide bonds. The molecule has 1 aliphatic carbocycles. The van der Waals surface area contributed by atoms with Crippen LogP contribution >= 0.6 is 0 Å². The van der Waals surface area contributed by atoms with E-state index in [1.54, 1.807) is 6.92 Å². The Bertz CT molecular complexity index is 552. The highest BCUT2D eigenvalue weighted by Crippen LogP contribution is 2.38. The van der Waals surface area contributed by atoms with Gasteiger partial charge in [0.15, 0.2) is 15.7 Å². The van der Waals surface area contributed by atoms with Crippen molar-refractivity contribution in [3.8, 4) is 0 Å². The third kappa shape index (κ3) is 3.14. The molecule has 2 aliphatic rings. The highest BCUT2D eigenvalue weighted by Gasteiger charge is 2.48. The van der Waals surface area contributed by atoms with Crippen LogP contribution in [0.25, 0.3) is 0 Å². The van der Waals surface area contributed by atoms with E-state index in [-0.39, 0.29) is 23.2 Å². The molecule has 1 unspecified atom stereocenters. The first-order chi connectivity index (χ1) is 9.73. The summed E-state index contributed by atoms with van der Waals surface area (Å²) in [5.41, 5.74) is 4.00. The number of hydrogen-bond acceptors (Lipinski definition) is 5. The predicted molar refractivity (Wildman–Crippen MR) is 78.7 cm³/mol. The van der Waals surface area contributed by atoms with E-state index in [1.165, 1.54) is 0 Å². The number of carbonyl (C=O) groups is 1. The Hall–Kier alpha value is -1.31. The van der Waals surface area contributed by atoms with Gasteiger partial charge >= 0.3 is 0 Å². The molecule has 2 rings (SSSR count). The fourth-order valence-electron chi connectivity index (χ4n) is 3.35. The molecule has 0 spiro atoms. The fourth-order valence-corrected chi connectivity index (χ4v) is 5.45. The summed E-state index contributed by atoms with van der Waals surface area (Å²) in [6.45, 7) is 1.73. The summed E-state index contributed by atoms with van der Waals surface area (Å²) in [5, 5.41) is 14.9. The second-order valence-electron chi connectivity index (χ2n) is 6.48. The lowest BCUT2D eigenvalue weighted by molar-refractivity contribution is -0.130. The van der Waals surface area contributed by atoms with Gasteiger partial charge in [-0.3, -0.25) is 4.79 Å². The summed E-state index contributed by atoms with van der Waals surface area (Å²) in [5.74, 6) is -0.375. The smallest absolute Gasteiger partial charge is 0.234 e. The predicted octanol–water partition coefficient (Wildman–Crippen LogP) is 0.377. The minimum Gasteiger partial charge on any atom is -0.409 e. The molecule has 8 heteroatoms. The van der Waals surface area contributed by atoms with Crippen LogP contribution in [0.3, 0.4) is 0 Å². The summed E-state index contributed by atoms with van der Waals surface area (Å²) in [6.07, 6.45) is 4.12. The fraction of sp³-hybridized carbons (Fsp3) is 0.846. The van der Waals surface area contributed by atoms with E-state index in [9.17, 15) is 13.2 Å². The summed E-state index contributed by atoms with van der Waals surface area (Å²) < 4.78 is 23.3. The summed E-state index contributed by atoms with van der Waals surface area (Å²) in [6, 6.07) is 0. The highest BCUT2D eigenvalue weighted by atomic mass is 32.2. The molecule has 0 aromatic heterocycles. The molecule has 0 aromatic carbocycles. The standard InChI is InChI=1S/C13H23N3O4S/c1-12(7-8-21(19,20)9-12)15-11(17)13(10(14)16-18)5-3-2-4-6-13/h18H,2-9H2,1H3,(H2,14,16)(H,15,17). The van der Waals surface area contributed by atoms with Crippen LogP contribution in [0.5, 0.6) is 0 Å². The van der Waals surface area contributed by atoms with Crippen molar-refractivity contribution in [2.24, 2.45) is 16.3 Å². The van der Waals surface area contributed by atoms with Crippen molar-refractivity contribution in [3.05, 3.63) is 0 Å². The Morgan fingerprint density at radius 2 is 1.86 bits per heavy atom. The molecule has 1 saturated carbocycles. The van der Waals surface area contributed by atoms with Gasteiger partial charge in [0.1, 0.15) is 5.41 Å². The zero-order valence-electron chi connectivity index (χ0n) is 12.3. The molecule has 1 atom stereocenters. The number of nitrogens with one attached hydrogen (secondary N) is 1. The van der Waals surface area contributed by atoms with Crippen molar-refractivity contribution < 1.29 is 18.4 Å². The van der Waals surface area contributed by atoms with Gasteiger partial charge in [-0.2, -0.15) is 0 Å². The van der Waals surface area contributed by atoms with Crippen LogP contribution in [0.2, 0.25) is 0 Å². The minimum absolute atomic E-state index is 0.0575. The van der Waals surface area contributed by atoms with E-state index in [1.807, 2.05) is 0 Å². The van der Waals surface area contributed by atoms with Crippen LogP contribution in [0, 0.1) is 5.41 Å².